The first-order valence-corrected chi connectivity index (χ1v) is 11.8. The van der Waals surface area contributed by atoms with Gasteiger partial charge in [-0.3, -0.25) is 4.79 Å². The van der Waals surface area contributed by atoms with Crippen LogP contribution in [0.3, 0.4) is 0 Å². The fraction of sp³-hybridized carbons (Fsp3) is 0.500. The molecule has 2 fully saturated rings. The van der Waals surface area contributed by atoms with Crippen molar-refractivity contribution in [2.45, 2.75) is 43.8 Å². The van der Waals surface area contributed by atoms with Gasteiger partial charge in [-0.1, -0.05) is 36.4 Å². The molecule has 178 valence electrons. The van der Waals surface area contributed by atoms with Crippen LogP contribution in [0.15, 0.2) is 54.6 Å². The molecule has 2 aromatic carbocycles. The first-order valence-electron chi connectivity index (χ1n) is 11.8. The molecule has 2 aromatic rings. The van der Waals surface area contributed by atoms with E-state index in [9.17, 15) is 18.0 Å². The predicted octanol–water partition coefficient (Wildman–Crippen LogP) is 5.01. The number of hydrogen-bond acceptors (Lipinski definition) is 3. The molecule has 0 radical (unpaired) electrons. The van der Waals surface area contributed by atoms with Crippen LogP contribution in [0, 0.1) is 0 Å². The van der Waals surface area contributed by atoms with Crippen LogP contribution in [0.25, 0.3) is 0 Å². The van der Waals surface area contributed by atoms with E-state index in [1.807, 2.05) is 23.1 Å². The Morgan fingerprint density at radius 3 is 2.42 bits per heavy atom. The number of hydrogen-bond donors (Lipinski definition) is 0. The summed E-state index contributed by atoms with van der Waals surface area (Å²) in [5, 5.41) is 0. The Balaban J connectivity index is 1.52. The molecule has 2 heterocycles. The summed E-state index contributed by atoms with van der Waals surface area (Å²) in [7, 11) is 1.68. The van der Waals surface area contributed by atoms with Crippen LogP contribution in [0.1, 0.15) is 42.7 Å². The Hall–Kier alpha value is -2.54. The Morgan fingerprint density at radius 2 is 1.73 bits per heavy atom. The van der Waals surface area contributed by atoms with E-state index in [4.69, 9.17) is 0 Å². The summed E-state index contributed by atoms with van der Waals surface area (Å²) in [6.07, 6.45) is -0.0633. The van der Waals surface area contributed by atoms with E-state index in [2.05, 4.69) is 17.0 Å². The molecule has 0 unspecified atom stereocenters. The van der Waals surface area contributed by atoms with Crippen molar-refractivity contribution in [3.05, 3.63) is 65.7 Å². The Bertz CT molecular complexity index is 928. The number of anilines is 1. The zero-order valence-electron chi connectivity index (χ0n) is 19.1. The Morgan fingerprint density at radius 1 is 1.00 bits per heavy atom. The number of benzene rings is 2. The van der Waals surface area contributed by atoms with Crippen molar-refractivity contribution < 1.29 is 18.0 Å². The zero-order valence-corrected chi connectivity index (χ0v) is 19.1. The molecule has 0 aliphatic carbocycles. The third-order valence-corrected chi connectivity index (χ3v) is 6.96. The third kappa shape index (κ3) is 5.69. The van der Waals surface area contributed by atoms with Crippen molar-refractivity contribution in [2.75, 3.05) is 44.7 Å². The maximum Gasteiger partial charge on any atom is 0.416 e. The SMILES string of the molecule is CN(CC(=O)N1CCC[C@H](c2ccccc2)[C@@H]1CN1CCCC1)c1cccc(C(F)(F)F)c1. The van der Waals surface area contributed by atoms with Gasteiger partial charge in [0.1, 0.15) is 0 Å². The molecular weight excluding hydrogens is 427 g/mol. The summed E-state index contributed by atoms with van der Waals surface area (Å²) in [4.78, 5) is 19.5. The maximum atomic E-state index is 13.5. The molecule has 7 heteroatoms. The molecule has 2 atom stereocenters. The van der Waals surface area contributed by atoms with Crippen molar-refractivity contribution in [3.8, 4) is 0 Å². The molecule has 0 bridgehead atoms. The molecule has 0 spiro atoms. The number of amides is 1. The van der Waals surface area contributed by atoms with E-state index < -0.39 is 11.7 Å². The van der Waals surface area contributed by atoms with Gasteiger partial charge in [0.2, 0.25) is 5.91 Å². The van der Waals surface area contributed by atoms with Gasteiger partial charge in [0.25, 0.3) is 0 Å². The number of likely N-dealkylation sites (tertiary alicyclic amines) is 2. The minimum atomic E-state index is -4.41. The lowest BCUT2D eigenvalue weighted by atomic mass is 9.83. The molecule has 0 N–H and O–H groups in total. The average Bonchev–Trinajstić information content (AvgIpc) is 3.32. The van der Waals surface area contributed by atoms with Crippen molar-refractivity contribution >= 4 is 11.6 Å². The van der Waals surface area contributed by atoms with Crippen molar-refractivity contribution in [1.29, 1.82) is 0 Å². The summed E-state index contributed by atoms with van der Waals surface area (Å²) in [5.41, 5.74) is 0.949. The first-order chi connectivity index (χ1) is 15.8. The minimum Gasteiger partial charge on any atom is -0.365 e. The number of carbonyl (C=O) groups is 1. The summed E-state index contributed by atoms with van der Waals surface area (Å²) >= 11 is 0. The van der Waals surface area contributed by atoms with E-state index in [1.54, 1.807) is 18.0 Å². The smallest absolute Gasteiger partial charge is 0.365 e. The lowest BCUT2D eigenvalue weighted by molar-refractivity contribution is -0.137. The Kier molecular flexibility index (Phi) is 7.27. The highest BCUT2D eigenvalue weighted by atomic mass is 19.4. The maximum absolute atomic E-state index is 13.5. The number of carbonyl (C=O) groups excluding carboxylic acids is 1. The van der Waals surface area contributed by atoms with Gasteiger partial charge >= 0.3 is 6.18 Å². The van der Waals surface area contributed by atoms with Crippen molar-refractivity contribution in [3.63, 3.8) is 0 Å². The van der Waals surface area contributed by atoms with Crippen LogP contribution >= 0.6 is 0 Å². The van der Waals surface area contributed by atoms with Crippen LogP contribution < -0.4 is 4.90 Å². The largest absolute Gasteiger partial charge is 0.416 e. The van der Waals surface area contributed by atoms with E-state index in [0.717, 1.165) is 44.6 Å². The first kappa shape index (κ1) is 23.6. The van der Waals surface area contributed by atoms with Crippen LogP contribution in [0.2, 0.25) is 0 Å². The lowest BCUT2D eigenvalue weighted by Crippen LogP contribution is -2.54. The Labute approximate surface area is 194 Å². The zero-order chi connectivity index (χ0) is 23.4. The summed E-state index contributed by atoms with van der Waals surface area (Å²) in [6, 6.07) is 15.6. The van der Waals surface area contributed by atoms with Crippen molar-refractivity contribution in [2.24, 2.45) is 0 Å². The van der Waals surface area contributed by atoms with E-state index in [-0.39, 0.29) is 24.4 Å². The summed E-state index contributed by atoms with van der Waals surface area (Å²) in [5.74, 6) is 0.239. The van der Waals surface area contributed by atoms with Gasteiger partial charge in [-0.05, 0) is 62.5 Å². The van der Waals surface area contributed by atoms with Gasteiger partial charge < -0.3 is 14.7 Å². The number of rotatable bonds is 6. The number of halogens is 3. The number of nitrogens with zero attached hydrogens (tertiary/aromatic N) is 3. The van der Waals surface area contributed by atoms with Gasteiger partial charge in [-0.15, -0.1) is 0 Å². The second kappa shape index (κ2) is 10.2. The molecule has 33 heavy (non-hydrogen) atoms. The van der Waals surface area contributed by atoms with Crippen LogP contribution in [-0.4, -0.2) is 61.5 Å². The fourth-order valence-electron chi connectivity index (χ4n) is 5.22. The van der Waals surface area contributed by atoms with E-state index in [0.29, 0.717) is 12.2 Å². The topological polar surface area (TPSA) is 26.8 Å². The lowest BCUT2D eigenvalue weighted by Gasteiger charge is -2.44. The van der Waals surface area contributed by atoms with Gasteiger partial charge in [0.05, 0.1) is 18.2 Å². The van der Waals surface area contributed by atoms with E-state index >= 15 is 0 Å². The van der Waals surface area contributed by atoms with Crippen LogP contribution in [-0.2, 0) is 11.0 Å². The second-order valence-corrected chi connectivity index (χ2v) is 9.23. The van der Waals surface area contributed by atoms with Gasteiger partial charge in [-0.25, -0.2) is 0 Å². The highest BCUT2D eigenvalue weighted by Gasteiger charge is 2.37. The van der Waals surface area contributed by atoms with Gasteiger partial charge in [0.15, 0.2) is 0 Å². The van der Waals surface area contributed by atoms with Crippen LogP contribution in [0.4, 0.5) is 18.9 Å². The van der Waals surface area contributed by atoms with Gasteiger partial charge in [-0.2, -0.15) is 13.2 Å². The quantitative estimate of drug-likeness (QED) is 0.608. The molecule has 4 nitrogen and oxygen atoms in total. The molecule has 1 amide bonds. The van der Waals surface area contributed by atoms with E-state index in [1.165, 1.54) is 24.5 Å². The summed E-state index contributed by atoms with van der Waals surface area (Å²) in [6.45, 7) is 3.71. The molecule has 2 aliphatic rings. The molecule has 0 aromatic heterocycles. The standard InChI is InChI=1S/C26H32F3N3O/c1-30(22-12-7-11-21(17-22)26(27,28)29)19-25(33)32-16-8-13-23(20-9-3-2-4-10-20)24(32)18-31-14-5-6-15-31/h2-4,7,9-12,17,23-24H,5-6,8,13-16,18-19H2,1H3/t23-,24+/m1/s1. The number of likely N-dealkylation sites (N-methyl/N-ethyl adjacent to an activating group) is 1. The van der Waals surface area contributed by atoms with Gasteiger partial charge in [0, 0.05) is 31.7 Å². The molecule has 0 saturated carbocycles. The monoisotopic (exact) mass is 459 g/mol. The molecule has 2 aliphatic heterocycles. The van der Waals surface area contributed by atoms with Crippen molar-refractivity contribution in [1.82, 2.24) is 9.80 Å². The fourth-order valence-corrected chi connectivity index (χ4v) is 5.22. The average molecular weight is 460 g/mol. The predicted molar refractivity (Wildman–Crippen MR) is 124 cm³/mol. The second-order valence-electron chi connectivity index (χ2n) is 9.23. The highest BCUT2D eigenvalue weighted by Crippen LogP contribution is 2.35. The number of piperidine rings is 1. The number of alkyl halides is 3. The highest BCUT2D eigenvalue weighted by molar-refractivity contribution is 5.82. The summed E-state index contributed by atoms with van der Waals surface area (Å²) < 4.78 is 39.4. The normalized spacial score (nSPS) is 21.9. The van der Waals surface area contributed by atoms with Crippen LogP contribution in [0.5, 0.6) is 0 Å². The molecular formula is C26H32F3N3O. The molecule has 2 saturated heterocycles. The minimum absolute atomic E-state index is 0.0280. The third-order valence-electron chi connectivity index (χ3n) is 6.96. The molecule has 4 rings (SSSR count).